The van der Waals surface area contributed by atoms with Gasteiger partial charge in [0.05, 0.1) is 22.9 Å². The second-order valence-electron chi connectivity index (χ2n) is 7.30. The first-order valence-corrected chi connectivity index (χ1v) is 12.3. The van der Waals surface area contributed by atoms with Crippen LogP contribution in [0.25, 0.3) is 5.69 Å². The maximum atomic E-state index is 12.9. The van der Waals surface area contributed by atoms with Crippen LogP contribution in [0.4, 0.5) is 0 Å². The number of amides is 1. The molecule has 1 unspecified atom stereocenters. The van der Waals surface area contributed by atoms with E-state index in [1.54, 1.807) is 11.1 Å². The third kappa shape index (κ3) is 4.78. The molecule has 0 spiro atoms. The molecule has 0 saturated carbocycles. The number of thioether (sulfide) groups is 1. The van der Waals surface area contributed by atoms with E-state index in [4.69, 9.17) is 0 Å². The van der Waals surface area contributed by atoms with E-state index in [1.807, 2.05) is 17.7 Å². The van der Waals surface area contributed by atoms with Crippen LogP contribution in [0.3, 0.4) is 0 Å². The zero-order valence-electron chi connectivity index (χ0n) is 16.6. The van der Waals surface area contributed by atoms with Crippen LogP contribution in [0, 0.1) is 13.8 Å². The first kappa shape index (κ1) is 20.9. The van der Waals surface area contributed by atoms with Crippen LogP contribution in [0.5, 0.6) is 0 Å². The summed E-state index contributed by atoms with van der Waals surface area (Å²) in [4.78, 5) is 19.0. The number of aromatic nitrogens is 2. The van der Waals surface area contributed by atoms with Gasteiger partial charge in [-0.25, -0.2) is 13.4 Å². The molecule has 6 nitrogen and oxygen atoms in total. The molecule has 1 aromatic carbocycles. The lowest BCUT2D eigenvalue weighted by molar-refractivity contribution is -0.130. The van der Waals surface area contributed by atoms with Crippen molar-refractivity contribution in [3.63, 3.8) is 0 Å². The number of imidazole rings is 1. The van der Waals surface area contributed by atoms with Gasteiger partial charge in [-0.3, -0.25) is 9.36 Å². The van der Waals surface area contributed by atoms with Crippen LogP contribution in [-0.2, 0) is 14.6 Å². The number of nitrogens with zero attached hydrogens (tertiary/aromatic N) is 3. The SMILES string of the molecule is CCCN(C(=O)CSc1nccn1-c1ccc(C)cc1C)C1CCS(=O)(=O)C1. The van der Waals surface area contributed by atoms with Gasteiger partial charge < -0.3 is 4.90 Å². The van der Waals surface area contributed by atoms with Gasteiger partial charge in [0, 0.05) is 25.0 Å². The highest BCUT2D eigenvalue weighted by Gasteiger charge is 2.34. The van der Waals surface area contributed by atoms with Gasteiger partial charge in [-0.15, -0.1) is 0 Å². The Kier molecular flexibility index (Phi) is 6.50. The van der Waals surface area contributed by atoms with Crippen LogP contribution in [0.15, 0.2) is 35.7 Å². The van der Waals surface area contributed by atoms with Gasteiger partial charge in [-0.05, 0) is 38.3 Å². The summed E-state index contributed by atoms with van der Waals surface area (Å²) in [6.45, 7) is 6.71. The monoisotopic (exact) mass is 421 g/mol. The predicted molar refractivity (Wildman–Crippen MR) is 113 cm³/mol. The number of sulfone groups is 1. The zero-order valence-corrected chi connectivity index (χ0v) is 18.2. The summed E-state index contributed by atoms with van der Waals surface area (Å²) in [7, 11) is -3.02. The van der Waals surface area contributed by atoms with E-state index in [1.165, 1.54) is 17.3 Å². The molecule has 1 atom stereocenters. The van der Waals surface area contributed by atoms with Crippen molar-refractivity contribution in [2.45, 2.75) is 44.8 Å². The Bertz CT molecular complexity index is 953. The summed E-state index contributed by atoms with van der Waals surface area (Å²) in [6.07, 6.45) is 4.98. The fraction of sp³-hybridized carbons (Fsp3) is 0.500. The Morgan fingerprint density at radius 3 is 2.79 bits per heavy atom. The Morgan fingerprint density at radius 1 is 1.36 bits per heavy atom. The number of aryl methyl sites for hydroxylation is 2. The predicted octanol–water partition coefficient (Wildman–Crippen LogP) is 3.01. The third-order valence-electron chi connectivity index (χ3n) is 4.98. The lowest BCUT2D eigenvalue weighted by Gasteiger charge is -2.27. The van der Waals surface area contributed by atoms with Gasteiger partial charge in [0.25, 0.3) is 0 Å². The topological polar surface area (TPSA) is 72.3 Å². The van der Waals surface area contributed by atoms with Gasteiger partial charge in [0.1, 0.15) is 0 Å². The summed E-state index contributed by atoms with van der Waals surface area (Å²) in [5.41, 5.74) is 3.40. The van der Waals surface area contributed by atoms with Crippen LogP contribution >= 0.6 is 11.8 Å². The van der Waals surface area contributed by atoms with Crippen LogP contribution in [0.2, 0.25) is 0 Å². The summed E-state index contributed by atoms with van der Waals surface area (Å²) in [6, 6.07) is 6.05. The minimum atomic E-state index is -3.02. The zero-order chi connectivity index (χ0) is 20.3. The van der Waals surface area contributed by atoms with Gasteiger partial charge in [0.2, 0.25) is 5.91 Å². The molecule has 3 rings (SSSR count). The van der Waals surface area contributed by atoms with Crippen molar-refractivity contribution in [1.82, 2.24) is 14.5 Å². The molecule has 1 saturated heterocycles. The number of benzene rings is 1. The van der Waals surface area contributed by atoms with Crippen LogP contribution < -0.4 is 0 Å². The van der Waals surface area contributed by atoms with Crippen molar-refractivity contribution in [2.24, 2.45) is 0 Å². The molecule has 1 aromatic heterocycles. The smallest absolute Gasteiger partial charge is 0.233 e. The number of carbonyl (C=O) groups excluding carboxylic acids is 1. The molecule has 28 heavy (non-hydrogen) atoms. The summed E-state index contributed by atoms with van der Waals surface area (Å²) >= 11 is 1.39. The minimum absolute atomic E-state index is 0.0240. The number of rotatable bonds is 7. The van der Waals surface area contributed by atoms with Crippen molar-refractivity contribution in [3.8, 4) is 5.69 Å². The van der Waals surface area contributed by atoms with E-state index in [-0.39, 0.29) is 29.2 Å². The average molecular weight is 422 g/mol. The summed E-state index contributed by atoms with van der Waals surface area (Å²) in [5, 5.41) is 0.760. The summed E-state index contributed by atoms with van der Waals surface area (Å²) < 4.78 is 25.6. The van der Waals surface area contributed by atoms with Crippen molar-refractivity contribution in [3.05, 3.63) is 41.7 Å². The highest BCUT2D eigenvalue weighted by Crippen LogP contribution is 2.25. The summed E-state index contributed by atoms with van der Waals surface area (Å²) in [5.74, 6) is 0.484. The maximum absolute atomic E-state index is 12.9. The molecule has 0 bridgehead atoms. The van der Waals surface area contributed by atoms with Crippen molar-refractivity contribution in [2.75, 3.05) is 23.8 Å². The van der Waals surface area contributed by atoms with E-state index in [0.717, 1.165) is 22.8 Å². The molecule has 0 N–H and O–H groups in total. The van der Waals surface area contributed by atoms with E-state index >= 15 is 0 Å². The van der Waals surface area contributed by atoms with E-state index in [2.05, 4.69) is 37.0 Å². The second-order valence-corrected chi connectivity index (χ2v) is 10.5. The largest absolute Gasteiger partial charge is 0.338 e. The third-order valence-corrected chi connectivity index (χ3v) is 7.68. The van der Waals surface area contributed by atoms with E-state index in [9.17, 15) is 13.2 Å². The molecule has 0 aliphatic carbocycles. The normalized spacial score (nSPS) is 18.3. The lowest BCUT2D eigenvalue weighted by Crippen LogP contribution is -2.42. The van der Waals surface area contributed by atoms with E-state index < -0.39 is 9.84 Å². The minimum Gasteiger partial charge on any atom is -0.338 e. The Balaban J connectivity index is 1.71. The standard InChI is InChI=1S/C20H27N3O3S2/c1-4-9-22(17-7-11-28(25,26)14-17)19(24)13-27-20-21-8-10-23(20)18-6-5-15(2)12-16(18)3/h5-6,8,10,12,17H,4,7,9,11,13-14H2,1-3H3. The van der Waals surface area contributed by atoms with Crippen molar-refractivity contribution < 1.29 is 13.2 Å². The van der Waals surface area contributed by atoms with E-state index in [0.29, 0.717) is 13.0 Å². The first-order valence-electron chi connectivity index (χ1n) is 9.54. The maximum Gasteiger partial charge on any atom is 0.233 e. The fourth-order valence-electron chi connectivity index (χ4n) is 3.64. The highest BCUT2D eigenvalue weighted by atomic mass is 32.2. The first-order chi connectivity index (χ1) is 13.3. The quantitative estimate of drug-likeness (QED) is 0.643. The Labute approximate surface area is 171 Å². The number of hydrogen-bond acceptors (Lipinski definition) is 5. The van der Waals surface area contributed by atoms with Crippen molar-refractivity contribution in [1.29, 1.82) is 0 Å². The number of hydrogen-bond donors (Lipinski definition) is 0. The van der Waals surface area contributed by atoms with Crippen molar-refractivity contribution >= 4 is 27.5 Å². The lowest BCUT2D eigenvalue weighted by atomic mass is 10.1. The average Bonchev–Trinajstić information content (AvgIpc) is 3.23. The molecule has 1 amide bonds. The fourth-order valence-corrected chi connectivity index (χ4v) is 6.22. The molecular weight excluding hydrogens is 394 g/mol. The number of carbonyl (C=O) groups is 1. The van der Waals surface area contributed by atoms with Gasteiger partial charge in [-0.2, -0.15) is 0 Å². The molecule has 8 heteroatoms. The second kappa shape index (κ2) is 8.69. The molecule has 2 heterocycles. The molecule has 1 aliphatic rings. The van der Waals surface area contributed by atoms with Gasteiger partial charge in [0.15, 0.2) is 15.0 Å². The molecule has 0 radical (unpaired) electrons. The Hall–Kier alpha value is -1.80. The Morgan fingerprint density at radius 2 is 2.14 bits per heavy atom. The molecule has 2 aromatic rings. The van der Waals surface area contributed by atoms with Gasteiger partial charge >= 0.3 is 0 Å². The molecule has 152 valence electrons. The molecular formula is C20H27N3O3S2. The van der Waals surface area contributed by atoms with Crippen LogP contribution in [0.1, 0.15) is 30.9 Å². The molecule has 1 fully saturated rings. The highest BCUT2D eigenvalue weighted by molar-refractivity contribution is 7.99. The van der Waals surface area contributed by atoms with Gasteiger partial charge in [-0.1, -0.05) is 36.4 Å². The molecule has 1 aliphatic heterocycles. The van der Waals surface area contributed by atoms with Crippen LogP contribution in [-0.4, -0.2) is 58.6 Å².